The minimum absolute atomic E-state index is 0.523. The van der Waals surface area contributed by atoms with Crippen molar-refractivity contribution in [1.82, 2.24) is 9.97 Å². The summed E-state index contributed by atoms with van der Waals surface area (Å²) < 4.78 is 1.96. The molecule has 2 aromatic rings. The van der Waals surface area contributed by atoms with Gasteiger partial charge in [0, 0.05) is 15.2 Å². The lowest BCUT2D eigenvalue weighted by molar-refractivity contribution is 1.31. The Morgan fingerprint density at radius 2 is 2.33 bits per heavy atom. The molecule has 0 saturated carbocycles. The van der Waals surface area contributed by atoms with Crippen LogP contribution < -0.4 is 5.73 Å². The zero-order valence-corrected chi connectivity index (χ0v) is 9.68. The van der Waals surface area contributed by atoms with Gasteiger partial charge in [-0.25, -0.2) is 4.98 Å². The van der Waals surface area contributed by atoms with Crippen molar-refractivity contribution in [3.05, 3.63) is 20.3 Å². The van der Waals surface area contributed by atoms with E-state index in [-0.39, 0.29) is 0 Å². The first-order valence-electron chi connectivity index (χ1n) is 3.27. The van der Waals surface area contributed by atoms with Crippen LogP contribution in [0.4, 0.5) is 5.82 Å². The lowest BCUT2D eigenvalue weighted by atomic mass is 10.3. The second kappa shape index (κ2) is 2.88. The molecule has 0 amide bonds. The summed E-state index contributed by atoms with van der Waals surface area (Å²) in [6.45, 7) is 0. The van der Waals surface area contributed by atoms with Crippen molar-refractivity contribution in [1.29, 1.82) is 0 Å². The van der Waals surface area contributed by atoms with Gasteiger partial charge in [0.2, 0.25) is 0 Å². The van der Waals surface area contributed by atoms with E-state index in [2.05, 4.69) is 48.5 Å². The van der Waals surface area contributed by atoms with E-state index in [0.29, 0.717) is 5.82 Å². The maximum Gasteiger partial charge on any atom is 0.141 e. The Hall–Kier alpha value is -0.300. The monoisotopic (exact) mass is 337 g/mol. The van der Waals surface area contributed by atoms with E-state index in [0.717, 1.165) is 19.1 Å². The molecule has 2 rings (SSSR count). The molecule has 5 heteroatoms. The van der Waals surface area contributed by atoms with E-state index >= 15 is 0 Å². The Balaban J connectivity index is 2.94. The molecule has 0 unspecified atom stereocenters. The molecule has 2 heterocycles. The summed E-state index contributed by atoms with van der Waals surface area (Å²) >= 11 is 5.61. The number of nitrogens with two attached hydrogens (primary N) is 1. The maximum absolute atomic E-state index is 5.66. The van der Waals surface area contributed by atoms with Crippen LogP contribution in [-0.2, 0) is 0 Å². The molecule has 0 aromatic carbocycles. The van der Waals surface area contributed by atoms with Gasteiger partial charge in [-0.2, -0.15) is 0 Å². The highest BCUT2D eigenvalue weighted by Gasteiger charge is 2.08. The Kier molecular flexibility index (Phi) is 1.99. The number of nitrogens with one attached hydrogen (secondary N) is 1. The van der Waals surface area contributed by atoms with Crippen LogP contribution in [0.1, 0.15) is 0 Å². The highest BCUT2D eigenvalue weighted by atomic mass is 127. The van der Waals surface area contributed by atoms with Crippen LogP contribution >= 0.6 is 38.5 Å². The van der Waals surface area contributed by atoms with Crippen molar-refractivity contribution in [3.63, 3.8) is 0 Å². The van der Waals surface area contributed by atoms with Crippen LogP contribution in [0.3, 0.4) is 0 Å². The quantitative estimate of drug-likeness (QED) is 0.726. The zero-order valence-electron chi connectivity index (χ0n) is 5.94. The molecule has 62 valence electrons. The van der Waals surface area contributed by atoms with Crippen molar-refractivity contribution in [2.24, 2.45) is 0 Å². The summed E-state index contributed by atoms with van der Waals surface area (Å²) in [6, 6.07) is 1.98. The molecule has 0 saturated heterocycles. The fourth-order valence-electron chi connectivity index (χ4n) is 1.03. The Morgan fingerprint density at radius 3 is 3.08 bits per heavy atom. The second-order valence-electron chi connectivity index (χ2n) is 2.36. The topological polar surface area (TPSA) is 54.7 Å². The first-order chi connectivity index (χ1) is 5.70. The minimum atomic E-state index is 0.523. The molecular weight excluding hydrogens is 333 g/mol. The number of rotatable bonds is 0. The van der Waals surface area contributed by atoms with E-state index < -0.39 is 0 Å². The fraction of sp³-hybridized carbons (Fsp3) is 0. The molecule has 12 heavy (non-hydrogen) atoms. The lowest BCUT2D eigenvalue weighted by Crippen LogP contribution is -1.94. The molecule has 0 spiro atoms. The predicted molar refractivity (Wildman–Crippen MR) is 60.9 cm³/mol. The summed E-state index contributed by atoms with van der Waals surface area (Å²) in [4.78, 5) is 7.18. The maximum atomic E-state index is 5.66. The lowest BCUT2D eigenvalue weighted by Gasteiger charge is -2.00. The Labute approximate surface area is 91.0 Å². The van der Waals surface area contributed by atoms with Crippen molar-refractivity contribution < 1.29 is 0 Å². The van der Waals surface area contributed by atoms with Crippen molar-refractivity contribution >= 4 is 55.4 Å². The Bertz CT molecular complexity index is 437. The summed E-state index contributed by atoms with van der Waals surface area (Å²) in [6.07, 6.45) is 1.85. The smallest absolute Gasteiger partial charge is 0.141 e. The molecule has 0 atom stereocenters. The molecule has 0 aliphatic heterocycles. The number of hydrogen-bond donors (Lipinski definition) is 2. The first-order valence-corrected chi connectivity index (χ1v) is 5.15. The number of aromatic amines is 1. The predicted octanol–water partition coefficient (Wildman–Crippen LogP) is 2.51. The molecule has 2 aromatic heterocycles. The number of anilines is 1. The molecule has 0 aliphatic rings. The van der Waals surface area contributed by atoms with Gasteiger partial charge in [-0.15, -0.1) is 0 Å². The number of hydrogen-bond acceptors (Lipinski definition) is 2. The molecule has 0 radical (unpaired) electrons. The second-order valence-corrected chi connectivity index (χ2v) is 4.24. The van der Waals surface area contributed by atoms with Gasteiger partial charge in [0.1, 0.15) is 11.5 Å². The normalized spacial score (nSPS) is 10.8. The Morgan fingerprint density at radius 1 is 1.58 bits per heavy atom. The summed E-state index contributed by atoms with van der Waals surface area (Å²) in [7, 11) is 0. The van der Waals surface area contributed by atoms with Crippen molar-refractivity contribution in [2.75, 3.05) is 5.73 Å². The standard InChI is InChI=1S/C7H5BrIN3/c8-4-5(9)3-1-2-11-7(3)12-6(4)10/h1-2H,(H3,10,11,12). The number of nitrogen functional groups attached to an aromatic ring is 1. The SMILES string of the molecule is Nc1nc2[nH]ccc2c(I)c1Br. The van der Waals surface area contributed by atoms with Crippen molar-refractivity contribution in [2.45, 2.75) is 0 Å². The van der Waals surface area contributed by atoms with E-state index in [1.807, 2.05) is 12.3 Å². The van der Waals surface area contributed by atoms with Gasteiger partial charge in [-0.1, -0.05) is 0 Å². The molecule has 3 N–H and O–H groups in total. The molecule has 0 aliphatic carbocycles. The van der Waals surface area contributed by atoms with Gasteiger partial charge in [-0.05, 0) is 44.6 Å². The van der Waals surface area contributed by atoms with E-state index in [9.17, 15) is 0 Å². The molecule has 0 fully saturated rings. The van der Waals surface area contributed by atoms with Crippen LogP contribution in [0.25, 0.3) is 11.0 Å². The largest absolute Gasteiger partial charge is 0.383 e. The number of H-pyrrole nitrogens is 1. The number of pyridine rings is 1. The third-order valence-electron chi connectivity index (χ3n) is 1.61. The summed E-state index contributed by atoms with van der Waals surface area (Å²) in [5, 5.41) is 1.09. The van der Waals surface area contributed by atoms with Gasteiger partial charge in [0.05, 0.1) is 4.47 Å². The van der Waals surface area contributed by atoms with Crippen LogP contribution in [0.15, 0.2) is 16.7 Å². The highest BCUT2D eigenvalue weighted by molar-refractivity contribution is 14.1. The van der Waals surface area contributed by atoms with Crippen LogP contribution in [0.2, 0.25) is 0 Å². The van der Waals surface area contributed by atoms with Crippen LogP contribution in [0.5, 0.6) is 0 Å². The van der Waals surface area contributed by atoms with Gasteiger partial charge in [0.25, 0.3) is 0 Å². The van der Waals surface area contributed by atoms with E-state index in [1.165, 1.54) is 0 Å². The number of aromatic nitrogens is 2. The van der Waals surface area contributed by atoms with Crippen LogP contribution in [0, 0.1) is 3.57 Å². The first kappa shape index (κ1) is 8.31. The van der Waals surface area contributed by atoms with Gasteiger partial charge in [0.15, 0.2) is 0 Å². The van der Waals surface area contributed by atoms with Crippen molar-refractivity contribution in [3.8, 4) is 0 Å². The molecular formula is C7H5BrIN3. The summed E-state index contributed by atoms with van der Waals surface area (Å²) in [5.74, 6) is 0.523. The average Bonchev–Trinajstić information content (AvgIpc) is 2.48. The van der Waals surface area contributed by atoms with Gasteiger partial charge in [-0.3, -0.25) is 0 Å². The zero-order chi connectivity index (χ0) is 8.72. The third kappa shape index (κ3) is 1.11. The number of nitrogens with zero attached hydrogens (tertiary/aromatic N) is 1. The number of fused-ring (bicyclic) bond motifs is 1. The highest BCUT2D eigenvalue weighted by Crippen LogP contribution is 2.29. The van der Waals surface area contributed by atoms with Gasteiger partial charge >= 0.3 is 0 Å². The minimum Gasteiger partial charge on any atom is -0.383 e. The molecule has 0 bridgehead atoms. The molecule has 3 nitrogen and oxygen atoms in total. The third-order valence-corrected chi connectivity index (χ3v) is 4.28. The average molecular weight is 338 g/mol. The number of halogens is 2. The summed E-state index contributed by atoms with van der Waals surface area (Å²) in [5.41, 5.74) is 6.50. The van der Waals surface area contributed by atoms with E-state index in [4.69, 9.17) is 5.73 Å². The van der Waals surface area contributed by atoms with Crippen LogP contribution in [-0.4, -0.2) is 9.97 Å². The van der Waals surface area contributed by atoms with Gasteiger partial charge < -0.3 is 10.7 Å². The van der Waals surface area contributed by atoms with E-state index in [1.54, 1.807) is 0 Å². The fourth-order valence-corrected chi connectivity index (χ4v) is 2.04.